The van der Waals surface area contributed by atoms with Gasteiger partial charge in [-0.2, -0.15) is 5.10 Å². The number of fused-ring (bicyclic) bond motifs is 2. The summed E-state index contributed by atoms with van der Waals surface area (Å²) in [6.45, 7) is 4.99. The fourth-order valence-electron chi connectivity index (χ4n) is 3.59. The Morgan fingerprint density at radius 3 is 2.85 bits per heavy atom. The van der Waals surface area contributed by atoms with Gasteiger partial charge in [0.15, 0.2) is 0 Å². The van der Waals surface area contributed by atoms with Crippen LogP contribution in [0.25, 0.3) is 10.2 Å². The van der Waals surface area contributed by atoms with E-state index in [1.54, 1.807) is 0 Å². The van der Waals surface area contributed by atoms with Crippen molar-refractivity contribution in [3.05, 3.63) is 40.4 Å². The van der Waals surface area contributed by atoms with Gasteiger partial charge in [0.05, 0.1) is 10.6 Å². The minimum Gasteiger partial charge on any atom is -0.398 e. The predicted octanol–water partition coefficient (Wildman–Crippen LogP) is 4.36. The van der Waals surface area contributed by atoms with Gasteiger partial charge in [0, 0.05) is 30.4 Å². The summed E-state index contributed by atoms with van der Waals surface area (Å²) in [6, 6.07) is 7.83. The van der Waals surface area contributed by atoms with Gasteiger partial charge >= 0.3 is 0 Å². The average molecular weight is 391 g/mol. The number of carbonyl (C=O) groups is 1. The first-order chi connectivity index (χ1) is 12.0. The van der Waals surface area contributed by atoms with Crippen molar-refractivity contribution in [2.45, 2.75) is 32.6 Å². The number of nitrogen functional groups attached to an aromatic ring is 1. The van der Waals surface area contributed by atoms with Crippen LogP contribution in [0.3, 0.4) is 0 Å². The average Bonchev–Trinajstić information content (AvgIpc) is 3.15. The molecule has 2 N–H and O–H groups in total. The monoisotopic (exact) mass is 390 g/mol. The predicted molar refractivity (Wildman–Crippen MR) is 111 cm³/mol. The van der Waals surface area contributed by atoms with Crippen molar-refractivity contribution >= 4 is 51.2 Å². The molecule has 0 saturated heterocycles. The number of benzene rings is 1. The van der Waals surface area contributed by atoms with Crippen LogP contribution in [0.15, 0.2) is 24.3 Å². The second kappa shape index (κ2) is 6.93. The van der Waals surface area contributed by atoms with Gasteiger partial charge in [-0.15, -0.1) is 23.7 Å². The van der Waals surface area contributed by atoms with E-state index >= 15 is 0 Å². The van der Waals surface area contributed by atoms with Crippen LogP contribution in [0, 0.1) is 0 Å². The molecule has 0 unspecified atom stereocenters. The van der Waals surface area contributed by atoms with Gasteiger partial charge in [-0.05, 0) is 42.5 Å². The quantitative estimate of drug-likeness (QED) is 0.661. The van der Waals surface area contributed by atoms with Gasteiger partial charge in [-0.25, -0.2) is 0 Å². The summed E-state index contributed by atoms with van der Waals surface area (Å²) in [7, 11) is 1.94. The molecule has 0 radical (unpaired) electrons. The van der Waals surface area contributed by atoms with Gasteiger partial charge in [0.2, 0.25) is 0 Å². The number of thiophene rings is 1. The van der Waals surface area contributed by atoms with Crippen molar-refractivity contribution in [1.82, 2.24) is 9.78 Å². The molecule has 5 nitrogen and oxygen atoms in total. The molecule has 26 heavy (non-hydrogen) atoms. The maximum Gasteiger partial charge on any atom is 0.268 e. The number of hydrogen-bond donors (Lipinski definition) is 1. The molecule has 1 aliphatic heterocycles. The summed E-state index contributed by atoms with van der Waals surface area (Å²) >= 11 is 1.52. The van der Waals surface area contributed by atoms with Crippen molar-refractivity contribution in [2.24, 2.45) is 7.05 Å². The first-order valence-corrected chi connectivity index (χ1v) is 9.44. The fourth-order valence-corrected chi connectivity index (χ4v) is 4.62. The molecule has 0 fully saturated rings. The number of nitrogens with zero attached hydrogens (tertiary/aromatic N) is 3. The van der Waals surface area contributed by atoms with E-state index in [0.29, 0.717) is 5.92 Å². The maximum absolute atomic E-state index is 13.2. The maximum atomic E-state index is 13.2. The second-order valence-electron chi connectivity index (χ2n) is 6.90. The zero-order chi connectivity index (χ0) is 17.7. The third-order valence-electron chi connectivity index (χ3n) is 4.83. The standard InChI is InChI=1S/C19H22N4OS.ClH/c1-11(2)17-13-10-16(25-19(13)22(3)21-17)18(24)23-9-5-6-12-14(20)7-4-8-15(12)23;/h4,7-8,10-11H,5-6,9,20H2,1-3H3;1H. The van der Waals surface area contributed by atoms with Crippen molar-refractivity contribution in [2.75, 3.05) is 17.2 Å². The fraction of sp³-hybridized carbons (Fsp3) is 0.368. The Kier molecular flexibility index (Phi) is 4.99. The van der Waals surface area contributed by atoms with Crippen LogP contribution in [-0.4, -0.2) is 22.2 Å². The van der Waals surface area contributed by atoms with Crippen LogP contribution in [0.5, 0.6) is 0 Å². The summed E-state index contributed by atoms with van der Waals surface area (Å²) in [5.74, 6) is 0.388. The minimum absolute atomic E-state index is 0. The lowest BCUT2D eigenvalue weighted by Crippen LogP contribution is -2.35. The molecule has 1 aliphatic rings. The third kappa shape index (κ3) is 2.87. The zero-order valence-electron chi connectivity index (χ0n) is 15.2. The minimum atomic E-state index is 0. The van der Waals surface area contributed by atoms with Crippen LogP contribution in [0.4, 0.5) is 11.4 Å². The topological polar surface area (TPSA) is 64.2 Å². The normalized spacial score (nSPS) is 13.8. The highest BCUT2D eigenvalue weighted by molar-refractivity contribution is 7.20. The number of aromatic nitrogens is 2. The van der Waals surface area contributed by atoms with Crippen LogP contribution >= 0.6 is 23.7 Å². The highest BCUT2D eigenvalue weighted by Crippen LogP contribution is 2.36. The highest BCUT2D eigenvalue weighted by atomic mass is 35.5. The Morgan fingerprint density at radius 2 is 2.12 bits per heavy atom. The largest absolute Gasteiger partial charge is 0.398 e. The van der Waals surface area contributed by atoms with Crippen molar-refractivity contribution < 1.29 is 4.79 Å². The Bertz CT molecular complexity index is 975. The number of hydrogen-bond acceptors (Lipinski definition) is 4. The highest BCUT2D eigenvalue weighted by Gasteiger charge is 2.27. The summed E-state index contributed by atoms with van der Waals surface area (Å²) in [4.78, 5) is 16.9. The Hall–Kier alpha value is -2.05. The first-order valence-electron chi connectivity index (χ1n) is 8.63. The SMILES string of the molecule is CC(C)c1nn(C)c2sc(C(=O)N3CCCc4c(N)cccc43)cc12.Cl. The summed E-state index contributed by atoms with van der Waals surface area (Å²) in [5, 5.41) is 5.69. The third-order valence-corrected chi connectivity index (χ3v) is 6.02. The van der Waals surface area contributed by atoms with Crippen molar-refractivity contribution in [3.63, 3.8) is 0 Å². The molecule has 0 atom stereocenters. The molecule has 0 saturated carbocycles. The lowest BCUT2D eigenvalue weighted by atomic mass is 9.99. The number of amides is 1. The van der Waals surface area contributed by atoms with Crippen LogP contribution in [0.2, 0.25) is 0 Å². The van der Waals surface area contributed by atoms with Crippen LogP contribution < -0.4 is 10.6 Å². The molecule has 1 amide bonds. The first kappa shape index (κ1) is 18.7. The number of nitrogens with two attached hydrogens (primary N) is 1. The molecule has 4 rings (SSSR count). The van der Waals surface area contributed by atoms with Gasteiger partial charge < -0.3 is 10.6 Å². The van der Waals surface area contributed by atoms with E-state index in [4.69, 9.17) is 5.73 Å². The molecular formula is C19H23ClN4OS. The number of aryl methyl sites for hydroxylation is 1. The summed E-state index contributed by atoms with van der Waals surface area (Å²) in [6.07, 6.45) is 1.87. The summed E-state index contributed by atoms with van der Waals surface area (Å²) in [5.41, 5.74) is 9.99. The van der Waals surface area contributed by atoms with E-state index in [2.05, 4.69) is 18.9 Å². The lowest BCUT2D eigenvalue weighted by Gasteiger charge is -2.29. The van der Waals surface area contributed by atoms with E-state index in [0.717, 1.165) is 57.1 Å². The molecule has 0 aliphatic carbocycles. The Morgan fingerprint density at radius 1 is 1.35 bits per heavy atom. The molecule has 2 aromatic heterocycles. The zero-order valence-corrected chi connectivity index (χ0v) is 16.8. The van der Waals surface area contributed by atoms with Crippen LogP contribution in [-0.2, 0) is 13.5 Å². The Balaban J connectivity index is 0.00000196. The molecule has 0 bridgehead atoms. The van der Waals surface area contributed by atoms with E-state index in [9.17, 15) is 4.79 Å². The number of carbonyl (C=O) groups excluding carboxylic acids is 1. The smallest absolute Gasteiger partial charge is 0.268 e. The second-order valence-corrected chi connectivity index (χ2v) is 7.93. The molecule has 138 valence electrons. The van der Waals surface area contributed by atoms with Gasteiger partial charge in [-0.3, -0.25) is 9.48 Å². The molecule has 3 heterocycles. The van der Waals surface area contributed by atoms with Gasteiger partial charge in [0.25, 0.3) is 5.91 Å². The van der Waals surface area contributed by atoms with Crippen molar-refractivity contribution in [3.8, 4) is 0 Å². The number of anilines is 2. The molecule has 0 spiro atoms. The number of rotatable bonds is 2. The van der Waals surface area contributed by atoms with Crippen LogP contribution in [0.1, 0.15) is 47.1 Å². The van der Waals surface area contributed by atoms with E-state index < -0.39 is 0 Å². The molecular weight excluding hydrogens is 368 g/mol. The van der Waals surface area contributed by atoms with Gasteiger partial charge in [-0.1, -0.05) is 19.9 Å². The van der Waals surface area contributed by atoms with Gasteiger partial charge in [0.1, 0.15) is 4.83 Å². The number of halogens is 1. The van der Waals surface area contributed by atoms with E-state index in [1.165, 1.54) is 11.3 Å². The summed E-state index contributed by atoms with van der Waals surface area (Å²) < 4.78 is 1.88. The molecule has 7 heteroatoms. The lowest BCUT2D eigenvalue weighted by molar-refractivity contribution is 0.0989. The van der Waals surface area contributed by atoms with Crippen molar-refractivity contribution in [1.29, 1.82) is 0 Å². The molecule has 1 aromatic carbocycles. The van der Waals surface area contributed by atoms with E-state index in [1.807, 2.05) is 40.9 Å². The Labute approximate surface area is 163 Å². The molecule has 3 aromatic rings. The van der Waals surface area contributed by atoms with E-state index in [-0.39, 0.29) is 18.3 Å².